The lowest BCUT2D eigenvalue weighted by Crippen LogP contribution is -3.12. The van der Waals surface area contributed by atoms with Gasteiger partial charge in [0.1, 0.15) is 0 Å². The first kappa shape index (κ1) is 22.4. The number of aromatic nitrogens is 2. The van der Waals surface area contributed by atoms with E-state index in [2.05, 4.69) is 40.1 Å². The van der Waals surface area contributed by atoms with Gasteiger partial charge in [-0.05, 0) is 62.0 Å². The van der Waals surface area contributed by atoms with E-state index in [0.29, 0.717) is 34.3 Å². The number of nitrogens with zero attached hydrogens (tertiary/aromatic N) is 1. The third-order valence-corrected chi connectivity index (χ3v) is 6.08. The molecule has 6 nitrogen and oxygen atoms in total. The van der Waals surface area contributed by atoms with Crippen molar-refractivity contribution in [3.05, 3.63) is 73.2 Å². The van der Waals surface area contributed by atoms with Gasteiger partial charge in [-0.25, -0.2) is 0 Å². The van der Waals surface area contributed by atoms with Crippen LogP contribution in [0.5, 0.6) is 0 Å². The monoisotopic (exact) mass is 489 g/mol. The zero-order valence-corrected chi connectivity index (χ0v) is 19.5. The van der Waals surface area contributed by atoms with Crippen LogP contribution >= 0.6 is 28.1 Å². The minimum atomic E-state index is -0.143. The Labute approximate surface area is 189 Å². The molecule has 3 N–H and O–H groups in total. The van der Waals surface area contributed by atoms with E-state index in [-0.39, 0.29) is 11.5 Å². The lowest BCUT2D eigenvalue weighted by Gasteiger charge is -2.15. The predicted molar refractivity (Wildman–Crippen MR) is 126 cm³/mol. The van der Waals surface area contributed by atoms with Crippen LogP contribution in [0.2, 0.25) is 0 Å². The molecule has 0 atom stereocenters. The van der Waals surface area contributed by atoms with Crippen molar-refractivity contribution >= 4 is 45.0 Å². The Kier molecular flexibility index (Phi) is 7.58. The second kappa shape index (κ2) is 10.1. The average Bonchev–Trinajstić information content (AvgIpc) is 2.75. The van der Waals surface area contributed by atoms with E-state index in [1.165, 1.54) is 9.47 Å². The summed E-state index contributed by atoms with van der Waals surface area (Å²) in [5.41, 5.74) is 2.07. The number of halogens is 1. The number of rotatable bonds is 8. The molecule has 0 aliphatic carbocycles. The number of fused-ring (bicyclic) bond motifs is 1. The molecule has 0 aliphatic rings. The zero-order valence-electron chi connectivity index (χ0n) is 17.1. The first-order valence-electron chi connectivity index (χ1n) is 10.1. The molecule has 0 radical (unpaired) electrons. The number of hydrogen-bond acceptors (Lipinski definition) is 3. The summed E-state index contributed by atoms with van der Waals surface area (Å²) in [4.78, 5) is 29.8. The molecule has 3 rings (SSSR count). The quantitative estimate of drug-likeness (QED) is 0.425. The van der Waals surface area contributed by atoms with Crippen molar-refractivity contribution < 1.29 is 9.69 Å². The van der Waals surface area contributed by atoms with Crippen LogP contribution in [0, 0.1) is 4.77 Å². The maximum atomic E-state index is 12.9. The number of likely N-dealkylation sites (N-methyl/N-ethyl adjacent to an activating group) is 1. The lowest BCUT2D eigenvalue weighted by molar-refractivity contribution is -0.895. The van der Waals surface area contributed by atoms with Crippen molar-refractivity contribution in [1.82, 2.24) is 14.9 Å². The fourth-order valence-corrected chi connectivity index (χ4v) is 3.99. The molecule has 0 saturated heterocycles. The first-order valence-corrected chi connectivity index (χ1v) is 11.3. The standard InChI is InChI=1S/C22H25BrN4O2S/c1-3-26(4-2)12-11-24-20(28)16-7-5-15(6-8-16)14-27-21(29)18-13-17(23)9-10-19(18)25-22(27)30/h5-10,13H,3-4,11-12,14H2,1-2H3,(H,24,28)(H,25,30)/p+1. The normalized spacial score (nSPS) is 11.2. The van der Waals surface area contributed by atoms with Crippen LogP contribution in [0.1, 0.15) is 29.8 Å². The Balaban J connectivity index is 1.72. The van der Waals surface area contributed by atoms with Crippen molar-refractivity contribution in [2.75, 3.05) is 26.2 Å². The van der Waals surface area contributed by atoms with Gasteiger partial charge in [-0.3, -0.25) is 14.2 Å². The highest BCUT2D eigenvalue weighted by atomic mass is 79.9. The summed E-state index contributed by atoms with van der Waals surface area (Å²) in [5, 5.41) is 3.54. The fraction of sp³-hybridized carbons (Fsp3) is 0.318. The highest BCUT2D eigenvalue weighted by Gasteiger charge is 2.10. The van der Waals surface area contributed by atoms with Crippen LogP contribution < -0.4 is 15.8 Å². The van der Waals surface area contributed by atoms with Crippen molar-refractivity contribution in [3.8, 4) is 0 Å². The summed E-state index contributed by atoms with van der Waals surface area (Å²) in [6.45, 7) is 8.29. The number of carbonyl (C=O) groups is 1. The summed E-state index contributed by atoms with van der Waals surface area (Å²) < 4.78 is 2.74. The molecule has 158 valence electrons. The van der Waals surface area contributed by atoms with E-state index in [1.807, 2.05) is 24.3 Å². The Morgan fingerprint density at radius 1 is 1.17 bits per heavy atom. The van der Waals surface area contributed by atoms with Gasteiger partial charge in [0.15, 0.2) is 4.77 Å². The van der Waals surface area contributed by atoms with Crippen LogP contribution in [0.25, 0.3) is 10.9 Å². The number of benzene rings is 2. The van der Waals surface area contributed by atoms with Gasteiger partial charge in [-0.1, -0.05) is 28.1 Å². The minimum Gasteiger partial charge on any atom is -0.346 e. The number of nitrogens with one attached hydrogen (secondary N) is 3. The van der Waals surface area contributed by atoms with Gasteiger partial charge in [-0.2, -0.15) is 0 Å². The lowest BCUT2D eigenvalue weighted by atomic mass is 10.1. The topological polar surface area (TPSA) is 71.3 Å². The molecule has 0 fully saturated rings. The second-order valence-electron chi connectivity index (χ2n) is 7.17. The molecule has 0 saturated carbocycles. The van der Waals surface area contributed by atoms with Crippen molar-refractivity contribution in [2.45, 2.75) is 20.4 Å². The summed E-state index contributed by atoms with van der Waals surface area (Å²) in [7, 11) is 0. The Morgan fingerprint density at radius 3 is 2.53 bits per heavy atom. The maximum Gasteiger partial charge on any atom is 0.262 e. The van der Waals surface area contributed by atoms with Gasteiger partial charge in [-0.15, -0.1) is 0 Å². The third kappa shape index (κ3) is 5.24. The summed E-state index contributed by atoms with van der Waals surface area (Å²) in [6, 6.07) is 12.8. The zero-order chi connectivity index (χ0) is 21.7. The van der Waals surface area contributed by atoms with Crippen LogP contribution in [-0.4, -0.2) is 41.6 Å². The van der Waals surface area contributed by atoms with Crippen LogP contribution in [0.4, 0.5) is 0 Å². The number of carbonyl (C=O) groups excluding carboxylic acids is 1. The van der Waals surface area contributed by atoms with Crippen LogP contribution in [0.15, 0.2) is 51.7 Å². The molecule has 1 aromatic heterocycles. The second-order valence-corrected chi connectivity index (χ2v) is 8.47. The molecular weight excluding hydrogens is 464 g/mol. The van der Waals surface area contributed by atoms with E-state index in [0.717, 1.165) is 29.7 Å². The molecule has 3 aromatic rings. The van der Waals surface area contributed by atoms with Crippen molar-refractivity contribution in [3.63, 3.8) is 0 Å². The third-order valence-electron chi connectivity index (χ3n) is 5.26. The van der Waals surface area contributed by atoms with E-state index >= 15 is 0 Å². The molecule has 1 heterocycles. The van der Waals surface area contributed by atoms with Gasteiger partial charge < -0.3 is 15.2 Å². The predicted octanol–water partition coefficient (Wildman–Crippen LogP) is 2.52. The molecule has 0 unspecified atom stereocenters. The van der Waals surface area contributed by atoms with E-state index in [1.54, 1.807) is 18.2 Å². The number of aromatic amines is 1. The molecule has 0 bridgehead atoms. The van der Waals surface area contributed by atoms with Gasteiger partial charge in [0.05, 0.1) is 43.6 Å². The number of H-pyrrole nitrogens is 1. The fourth-order valence-electron chi connectivity index (χ4n) is 3.37. The van der Waals surface area contributed by atoms with Crippen LogP contribution in [-0.2, 0) is 6.54 Å². The van der Waals surface area contributed by atoms with E-state index in [4.69, 9.17) is 12.2 Å². The average molecular weight is 490 g/mol. The van der Waals surface area contributed by atoms with Crippen molar-refractivity contribution in [1.29, 1.82) is 0 Å². The van der Waals surface area contributed by atoms with Gasteiger partial charge in [0.25, 0.3) is 11.5 Å². The molecule has 2 aromatic carbocycles. The number of hydrogen-bond donors (Lipinski definition) is 3. The molecular formula is C22H26BrN4O2S+. The molecule has 1 amide bonds. The molecule has 8 heteroatoms. The van der Waals surface area contributed by atoms with Gasteiger partial charge >= 0.3 is 0 Å². The Bertz CT molecular complexity index is 1150. The number of quaternary nitrogens is 1. The largest absolute Gasteiger partial charge is 0.346 e. The minimum absolute atomic E-state index is 0.0851. The van der Waals surface area contributed by atoms with Crippen molar-refractivity contribution in [2.24, 2.45) is 0 Å². The molecule has 30 heavy (non-hydrogen) atoms. The molecule has 0 aliphatic heterocycles. The van der Waals surface area contributed by atoms with E-state index in [9.17, 15) is 9.59 Å². The number of amides is 1. The van der Waals surface area contributed by atoms with E-state index < -0.39 is 0 Å². The van der Waals surface area contributed by atoms with Gasteiger partial charge in [0.2, 0.25) is 0 Å². The smallest absolute Gasteiger partial charge is 0.262 e. The highest BCUT2D eigenvalue weighted by molar-refractivity contribution is 9.10. The maximum absolute atomic E-state index is 12.9. The summed E-state index contributed by atoms with van der Waals surface area (Å²) in [6.07, 6.45) is 0. The van der Waals surface area contributed by atoms with Gasteiger partial charge in [0, 0.05) is 10.0 Å². The summed E-state index contributed by atoms with van der Waals surface area (Å²) >= 11 is 8.79. The Morgan fingerprint density at radius 2 is 1.87 bits per heavy atom. The SMILES string of the molecule is CC[NH+](CC)CCNC(=O)c1ccc(Cn2c(=S)[nH]c3ccc(Br)cc3c2=O)cc1. The Hall–Kier alpha value is -2.29. The molecule has 0 spiro atoms. The first-order chi connectivity index (χ1) is 14.4. The highest BCUT2D eigenvalue weighted by Crippen LogP contribution is 2.15. The van der Waals surface area contributed by atoms with Crippen LogP contribution in [0.3, 0.4) is 0 Å². The summed E-state index contributed by atoms with van der Waals surface area (Å²) in [5.74, 6) is -0.0851.